The van der Waals surface area contributed by atoms with Crippen molar-refractivity contribution in [2.45, 2.75) is 121 Å². The van der Waals surface area contributed by atoms with E-state index < -0.39 is 0 Å². The summed E-state index contributed by atoms with van der Waals surface area (Å²) in [7, 11) is 0. The maximum Gasteiger partial charge on any atom is 0.193 e. The molecule has 38 heavy (non-hydrogen) atoms. The first-order valence-electron chi connectivity index (χ1n) is 15.0. The summed E-state index contributed by atoms with van der Waals surface area (Å²) in [5.74, 6) is 1.51. The molecular formula is C36H52O2. The van der Waals surface area contributed by atoms with Crippen LogP contribution in [0, 0.1) is 28.1 Å². The van der Waals surface area contributed by atoms with Gasteiger partial charge in [0.1, 0.15) is 5.75 Å². The number of phenols is 1. The number of ketones is 1. The molecule has 1 aromatic rings. The van der Waals surface area contributed by atoms with Crippen LogP contribution in [0.3, 0.4) is 0 Å². The minimum Gasteiger partial charge on any atom is -0.507 e. The summed E-state index contributed by atoms with van der Waals surface area (Å²) in [4.78, 5) is 14.7. The molecule has 0 amide bonds. The van der Waals surface area contributed by atoms with Crippen molar-refractivity contribution in [3.8, 4) is 5.75 Å². The van der Waals surface area contributed by atoms with E-state index in [0.29, 0.717) is 17.4 Å². The van der Waals surface area contributed by atoms with E-state index in [-0.39, 0.29) is 33.7 Å². The van der Waals surface area contributed by atoms with E-state index in [1.54, 1.807) is 0 Å². The lowest BCUT2D eigenvalue weighted by Crippen LogP contribution is -2.56. The highest BCUT2D eigenvalue weighted by Crippen LogP contribution is 2.69. The van der Waals surface area contributed by atoms with E-state index in [0.717, 1.165) is 60.8 Å². The van der Waals surface area contributed by atoms with Gasteiger partial charge in [-0.3, -0.25) is 4.79 Å². The maximum absolute atomic E-state index is 14.7. The lowest BCUT2D eigenvalue weighted by Gasteiger charge is -2.63. The molecule has 208 valence electrons. The Hall–Kier alpha value is -2.09. The standard InChI is InChI=1S/C36H52O2/c1-13-22(6)14-15-26-16-27(20(2)3)28-18-34(10)19-35(11)17-23(7)29(21(4)5)24(8)36(35,12)25(9)31(34)33(38)30(28)32(26)37/h16,20,22,24,37H,4,13-15,17-19H2,1-3,5-12H3/t22?,24?,34-,35+,36-/m1/s1. The van der Waals surface area contributed by atoms with Gasteiger partial charge in [-0.15, -0.1) is 0 Å². The highest BCUT2D eigenvalue weighted by atomic mass is 16.3. The van der Waals surface area contributed by atoms with Crippen LogP contribution in [0.4, 0.5) is 0 Å². The van der Waals surface area contributed by atoms with E-state index in [9.17, 15) is 9.90 Å². The molecule has 1 aromatic carbocycles. The van der Waals surface area contributed by atoms with Crippen LogP contribution in [-0.2, 0) is 12.8 Å². The summed E-state index contributed by atoms with van der Waals surface area (Å²) in [6.07, 6.45) is 5.81. The first-order valence-corrected chi connectivity index (χ1v) is 15.0. The molecule has 0 radical (unpaired) electrons. The molecule has 3 aliphatic carbocycles. The second kappa shape index (κ2) is 9.53. The first kappa shape index (κ1) is 28.9. The van der Waals surface area contributed by atoms with Crippen molar-refractivity contribution >= 4 is 5.78 Å². The predicted molar refractivity (Wildman–Crippen MR) is 161 cm³/mol. The quantitative estimate of drug-likeness (QED) is 0.408. The maximum atomic E-state index is 14.7. The third-order valence-corrected chi connectivity index (χ3v) is 11.4. The number of carbonyl (C=O) groups excluding carboxylic acids is 1. The molecule has 4 rings (SSSR count). The van der Waals surface area contributed by atoms with Crippen molar-refractivity contribution in [3.05, 3.63) is 62.8 Å². The molecule has 0 fully saturated rings. The highest BCUT2D eigenvalue weighted by molar-refractivity contribution is 6.14. The Bertz CT molecular complexity index is 1260. The average Bonchev–Trinajstić information content (AvgIpc) is 2.79. The minimum atomic E-state index is -0.239. The number of rotatable bonds is 6. The number of aryl methyl sites for hydroxylation is 1. The summed E-state index contributed by atoms with van der Waals surface area (Å²) in [6, 6.07) is 2.22. The first-order chi connectivity index (χ1) is 17.5. The number of aromatic hydroxyl groups is 1. The highest BCUT2D eigenvalue weighted by Gasteiger charge is 2.61. The van der Waals surface area contributed by atoms with Crippen LogP contribution in [-0.4, -0.2) is 10.9 Å². The molecule has 5 atom stereocenters. The Labute approximate surface area is 232 Å². The Kier molecular flexibility index (Phi) is 7.25. The van der Waals surface area contributed by atoms with Gasteiger partial charge in [0.05, 0.1) is 5.56 Å². The van der Waals surface area contributed by atoms with Gasteiger partial charge in [-0.2, -0.15) is 0 Å². The molecule has 0 aliphatic heterocycles. The molecule has 2 nitrogen and oxygen atoms in total. The van der Waals surface area contributed by atoms with Gasteiger partial charge in [-0.05, 0) is 98.3 Å². The fraction of sp³-hybridized carbons (Fsp3) is 0.639. The Morgan fingerprint density at radius 2 is 1.79 bits per heavy atom. The third kappa shape index (κ3) is 3.99. The van der Waals surface area contributed by atoms with Gasteiger partial charge >= 0.3 is 0 Å². The summed E-state index contributed by atoms with van der Waals surface area (Å²) < 4.78 is 0. The molecule has 0 bridgehead atoms. The van der Waals surface area contributed by atoms with Crippen molar-refractivity contribution in [1.29, 1.82) is 0 Å². The summed E-state index contributed by atoms with van der Waals surface area (Å²) in [5, 5.41) is 11.6. The molecule has 0 aromatic heterocycles. The van der Waals surface area contributed by atoms with Gasteiger partial charge in [0.2, 0.25) is 0 Å². The Morgan fingerprint density at radius 1 is 1.16 bits per heavy atom. The van der Waals surface area contributed by atoms with Gasteiger partial charge in [-0.25, -0.2) is 0 Å². The largest absolute Gasteiger partial charge is 0.507 e. The molecule has 0 saturated heterocycles. The zero-order valence-corrected chi connectivity index (χ0v) is 26.1. The summed E-state index contributed by atoms with van der Waals surface area (Å²) >= 11 is 0. The lowest BCUT2D eigenvalue weighted by molar-refractivity contribution is -0.00873. The van der Waals surface area contributed by atoms with E-state index in [1.165, 1.54) is 22.3 Å². The van der Waals surface area contributed by atoms with Crippen LogP contribution in [0.1, 0.15) is 135 Å². The molecule has 1 N–H and O–H groups in total. The number of hydrogen-bond donors (Lipinski definition) is 1. The molecule has 2 heteroatoms. The normalized spacial score (nSPS) is 31.8. The number of benzene rings is 1. The number of hydrogen-bond acceptors (Lipinski definition) is 2. The molecule has 3 aliphatic rings. The topological polar surface area (TPSA) is 37.3 Å². The van der Waals surface area contributed by atoms with E-state index in [1.807, 2.05) is 0 Å². The monoisotopic (exact) mass is 516 g/mol. The van der Waals surface area contributed by atoms with Gasteiger partial charge in [0.15, 0.2) is 5.78 Å². The van der Waals surface area contributed by atoms with Crippen molar-refractivity contribution in [2.75, 3.05) is 0 Å². The van der Waals surface area contributed by atoms with E-state index in [2.05, 4.69) is 88.8 Å². The number of carbonyl (C=O) groups is 1. The Morgan fingerprint density at radius 3 is 2.34 bits per heavy atom. The number of Topliss-reactive ketones (excluding diaryl/α,β-unsaturated/α-hetero) is 1. The van der Waals surface area contributed by atoms with Gasteiger partial charge < -0.3 is 5.11 Å². The van der Waals surface area contributed by atoms with Gasteiger partial charge in [-0.1, -0.05) is 91.2 Å². The fourth-order valence-electron chi connectivity index (χ4n) is 9.11. The second-order valence-corrected chi connectivity index (χ2v) is 14.4. The van der Waals surface area contributed by atoms with Gasteiger partial charge in [0, 0.05) is 16.4 Å². The lowest BCUT2D eigenvalue weighted by atomic mass is 9.40. The van der Waals surface area contributed by atoms with Crippen molar-refractivity contribution in [2.24, 2.45) is 28.1 Å². The second-order valence-electron chi connectivity index (χ2n) is 14.4. The molecule has 0 spiro atoms. The predicted octanol–water partition coefficient (Wildman–Crippen LogP) is 9.90. The molecule has 0 saturated carbocycles. The summed E-state index contributed by atoms with van der Waals surface area (Å²) in [5.41, 5.74) is 9.76. The molecule has 0 heterocycles. The van der Waals surface area contributed by atoms with Crippen molar-refractivity contribution in [3.63, 3.8) is 0 Å². The minimum absolute atomic E-state index is 0.0475. The van der Waals surface area contributed by atoms with E-state index >= 15 is 0 Å². The van der Waals surface area contributed by atoms with Crippen LogP contribution >= 0.6 is 0 Å². The van der Waals surface area contributed by atoms with Crippen LogP contribution in [0.2, 0.25) is 0 Å². The van der Waals surface area contributed by atoms with Gasteiger partial charge in [0.25, 0.3) is 0 Å². The van der Waals surface area contributed by atoms with Crippen LogP contribution in [0.25, 0.3) is 0 Å². The van der Waals surface area contributed by atoms with Crippen LogP contribution in [0.5, 0.6) is 5.75 Å². The average molecular weight is 517 g/mol. The molecule has 2 unspecified atom stereocenters. The van der Waals surface area contributed by atoms with E-state index in [4.69, 9.17) is 0 Å². The summed E-state index contributed by atoms with van der Waals surface area (Å²) in [6.45, 7) is 29.5. The third-order valence-electron chi connectivity index (χ3n) is 11.4. The van der Waals surface area contributed by atoms with Crippen molar-refractivity contribution < 1.29 is 9.90 Å². The fourth-order valence-corrected chi connectivity index (χ4v) is 9.11. The number of allylic oxidation sites excluding steroid dienone is 5. The van der Waals surface area contributed by atoms with Crippen LogP contribution in [0.15, 0.2) is 40.5 Å². The SMILES string of the molecule is C=C(C)C1=C(C)C[C@@]2(C)C[C@@]3(C)Cc4c(C(C)C)cc(CCC(C)CC)c(O)c4C(=O)C3=C(C)[C@@]2(C)C1C. The van der Waals surface area contributed by atoms with Crippen LogP contribution < -0.4 is 0 Å². The Balaban J connectivity index is 1.96. The molecular weight excluding hydrogens is 464 g/mol. The number of phenolic OH excluding ortho intramolecular Hbond substituents is 1. The van der Waals surface area contributed by atoms with Crippen molar-refractivity contribution in [1.82, 2.24) is 0 Å². The zero-order valence-electron chi connectivity index (χ0n) is 26.1. The zero-order chi connectivity index (χ0) is 28.5. The number of fused-ring (bicyclic) bond motifs is 3. The smallest absolute Gasteiger partial charge is 0.193 e.